The number of H-pyrrole nitrogens is 1. The van der Waals surface area contributed by atoms with Crippen LogP contribution in [0.1, 0.15) is 6.92 Å². The van der Waals surface area contributed by atoms with Crippen LogP contribution in [-0.2, 0) is 9.84 Å². The number of hydrogen-bond donors (Lipinski definition) is 2. The number of aromatic nitrogens is 2. The molecule has 0 saturated heterocycles. The Balaban J connectivity index is 2.79. The lowest BCUT2D eigenvalue weighted by atomic mass is 10.2. The molecule has 0 saturated carbocycles. The van der Waals surface area contributed by atoms with E-state index in [1.165, 1.54) is 12.5 Å². The van der Waals surface area contributed by atoms with Gasteiger partial charge in [-0.1, -0.05) is 6.92 Å². The van der Waals surface area contributed by atoms with Crippen LogP contribution in [0.3, 0.4) is 0 Å². The molecule has 1 unspecified atom stereocenters. The van der Waals surface area contributed by atoms with Crippen molar-refractivity contribution in [1.82, 2.24) is 9.97 Å². The van der Waals surface area contributed by atoms with Crippen molar-refractivity contribution in [1.29, 1.82) is 0 Å². The summed E-state index contributed by atoms with van der Waals surface area (Å²) < 4.78 is 23.0. The highest BCUT2D eigenvalue weighted by molar-refractivity contribution is 7.91. The van der Waals surface area contributed by atoms with E-state index in [4.69, 9.17) is 5.11 Å². The van der Waals surface area contributed by atoms with E-state index in [1.54, 1.807) is 6.92 Å². The molecule has 1 aromatic rings. The molecule has 6 heteroatoms. The van der Waals surface area contributed by atoms with Crippen LogP contribution in [0.15, 0.2) is 17.6 Å². The lowest BCUT2D eigenvalue weighted by molar-refractivity contribution is 0.249. The highest BCUT2D eigenvalue weighted by Crippen LogP contribution is 2.09. The van der Waals surface area contributed by atoms with Gasteiger partial charge in [0, 0.05) is 6.61 Å². The predicted octanol–water partition coefficient (Wildman–Crippen LogP) is -0.188. The average Bonchev–Trinajstić information content (AvgIpc) is 2.55. The van der Waals surface area contributed by atoms with Gasteiger partial charge < -0.3 is 10.1 Å². The first-order valence-corrected chi connectivity index (χ1v) is 5.53. The molecule has 74 valence electrons. The van der Waals surface area contributed by atoms with Gasteiger partial charge in [0.15, 0.2) is 14.9 Å². The first kappa shape index (κ1) is 10.2. The van der Waals surface area contributed by atoms with Crippen LogP contribution >= 0.6 is 0 Å². The topological polar surface area (TPSA) is 83.0 Å². The number of imidazole rings is 1. The molecule has 0 spiro atoms. The Morgan fingerprint density at radius 2 is 2.38 bits per heavy atom. The average molecular weight is 204 g/mol. The highest BCUT2D eigenvalue weighted by Gasteiger charge is 2.18. The van der Waals surface area contributed by atoms with Gasteiger partial charge in [0.1, 0.15) is 0 Å². The highest BCUT2D eigenvalue weighted by atomic mass is 32.2. The molecule has 5 nitrogen and oxygen atoms in total. The second kappa shape index (κ2) is 3.89. The van der Waals surface area contributed by atoms with E-state index in [0.717, 1.165) is 0 Å². The second-order valence-corrected chi connectivity index (χ2v) is 4.99. The van der Waals surface area contributed by atoms with E-state index in [-0.39, 0.29) is 23.3 Å². The molecule has 1 aromatic heterocycles. The summed E-state index contributed by atoms with van der Waals surface area (Å²) >= 11 is 0. The number of hydrogen-bond acceptors (Lipinski definition) is 4. The summed E-state index contributed by atoms with van der Waals surface area (Å²) in [5.41, 5.74) is 0. The molecule has 1 rings (SSSR count). The molecular formula is C7H12N2O3S. The second-order valence-electron chi connectivity index (χ2n) is 2.99. The van der Waals surface area contributed by atoms with Gasteiger partial charge in [-0.25, -0.2) is 13.4 Å². The third-order valence-electron chi connectivity index (χ3n) is 1.62. The number of aliphatic hydroxyl groups is 1. The number of aliphatic hydroxyl groups excluding tert-OH is 1. The molecule has 0 aliphatic carbocycles. The minimum absolute atomic E-state index is 0.0638. The lowest BCUT2D eigenvalue weighted by Crippen LogP contribution is -2.17. The molecule has 0 bridgehead atoms. The van der Waals surface area contributed by atoms with Gasteiger partial charge in [-0.05, 0) is 5.92 Å². The fraction of sp³-hybridized carbons (Fsp3) is 0.571. The summed E-state index contributed by atoms with van der Waals surface area (Å²) in [4.78, 5) is 6.15. The van der Waals surface area contributed by atoms with E-state index in [1.807, 2.05) is 0 Å². The van der Waals surface area contributed by atoms with E-state index < -0.39 is 9.84 Å². The van der Waals surface area contributed by atoms with Crippen molar-refractivity contribution in [2.24, 2.45) is 5.92 Å². The minimum atomic E-state index is -3.31. The maximum Gasteiger partial charge on any atom is 0.195 e. The molecule has 0 aliphatic rings. The number of sulfone groups is 1. The van der Waals surface area contributed by atoms with Crippen LogP contribution in [-0.4, -0.2) is 35.9 Å². The van der Waals surface area contributed by atoms with Gasteiger partial charge in [-0.3, -0.25) is 0 Å². The van der Waals surface area contributed by atoms with Crippen LogP contribution < -0.4 is 0 Å². The molecule has 13 heavy (non-hydrogen) atoms. The zero-order valence-electron chi connectivity index (χ0n) is 7.27. The van der Waals surface area contributed by atoms with Gasteiger partial charge in [0.2, 0.25) is 0 Å². The first-order valence-electron chi connectivity index (χ1n) is 3.88. The quantitative estimate of drug-likeness (QED) is 0.712. The zero-order valence-corrected chi connectivity index (χ0v) is 8.08. The first-order chi connectivity index (χ1) is 6.06. The summed E-state index contributed by atoms with van der Waals surface area (Å²) in [6, 6.07) is 0. The Hall–Kier alpha value is -0.880. The Kier molecular flexibility index (Phi) is 3.05. The van der Waals surface area contributed by atoms with Crippen LogP contribution in [0.5, 0.6) is 0 Å². The molecule has 2 N–H and O–H groups in total. The van der Waals surface area contributed by atoms with Gasteiger partial charge in [0.05, 0.1) is 18.3 Å². The standard InChI is InChI=1S/C7H12N2O3S/c1-6(3-10)4-13(11,12)7-2-8-5-9-7/h2,5-6,10H,3-4H2,1H3,(H,8,9). The Morgan fingerprint density at radius 3 is 2.85 bits per heavy atom. The summed E-state index contributed by atoms with van der Waals surface area (Å²) in [5, 5.41) is 8.81. The summed E-state index contributed by atoms with van der Waals surface area (Å²) in [5.74, 6) is -0.320. The third kappa shape index (κ3) is 2.53. The molecule has 0 amide bonds. The maximum atomic E-state index is 11.5. The van der Waals surface area contributed by atoms with Crippen molar-refractivity contribution in [2.45, 2.75) is 11.9 Å². The van der Waals surface area contributed by atoms with E-state index in [9.17, 15) is 8.42 Å². The zero-order chi connectivity index (χ0) is 9.90. The van der Waals surface area contributed by atoms with Crippen molar-refractivity contribution < 1.29 is 13.5 Å². The fourth-order valence-electron chi connectivity index (χ4n) is 0.930. The predicted molar refractivity (Wildman–Crippen MR) is 46.9 cm³/mol. The normalized spacial score (nSPS) is 14.3. The van der Waals surface area contributed by atoms with Crippen molar-refractivity contribution in [3.8, 4) is 0 Å². The fourth-order valence-corrected chi connectivity index (χ4v) is 2.42. The van der Waals surface area contributed by atoms with Crippen LogP contribution in [0, 0.1) is 5.92 Å². The van der Waals surface area contributed by atoms with Crippen molar-refractivity contribution in [3.05, 3.63) is 12.5 Å². The summed E-state index contributed by atoms with van der Waals surface area (Å²) in [7, 11) is -3.31. The molecule has 0 radical (unpaired) electrons. The Morgan fingerprint density at radius 1 is 1.69 bits per heavy atom. The van der Waals surface area contributed by atoms with Gasteiger partial charge >= 0.3 is 0 Å². The van der Waals surface area contributed by atoms with Crippen molar-refractivity contribution in [3.63, 3.8) is 0 Å². The Bertz CT molecular complexity index is 344. The monoisotopic (exact) mass is 204 g/mol. The Labute approximate surface area is 76.7 Å². The molecule has 1 heterocycles. The summed E-state index contributed by atoms with van der Waals surface area (Å²) in [6.07, 6.45) is 2.58. The lowest BCUT2D eigenvalue weighted by Gasteiger charge is -2.06. The van der Waals surface area contributed by atoms with Gasteiger partial charge in [-0.2, -0.15) is 0 Å². The molecule has 0 fully saturated rings. The van der Waals surface area contributed by atoms with Gasteiger partial charge in [-0.15, -0.1) is 0 Å². The molecule has 0 aromatic carbocycles. The maximum absolute atomic E-state index is 11.5. The van der Waals surface area contributed by atoms with Crippen LogP contribution in [0.25, 0.3) is 0 Å². The molecular weight excluding hydrogens is 192 g/mol. The van der Waals surface area contributed by atoms with Crippen molar-refractivity contribution in [2.75, 3.05) is 12.4 Å². The molecule has 0 aliphatic heterocycles. The number of nitrogens with one attached hydrogen (secondary N) is 1. The number of rotatable bonds is 4. The number of nitrogens with zero attached hydrogens (tertiary/aromatic N) is 1. The van der Waals surface area contributed by atoms with E-state index in [2.05, 4.69) is 9.97 Å². The van der Waals surface area contributed by atoms with Crippen LogP contribution in [0.4, 0.5) is 0 Å². The minimum Gasteiger partial charge on any atom is -0.396 e. The number of aromatic amines is 1. The van der Waals surface area contributed by atoms with E-state index in [0.29, 0.717) is 0 Å². The van der Waals surface area contributed by atoms with Gasteiger partial charge in [0.25, 0.3) is 0 Å². The SMILES string of the molecule is CC(CO)CS(=O)(=O)c1cnc[nH]1. The third-order valence-corrected chi connectivity index (χ3v) is 3.53. The largest absolute Gasteiger partial charge is 0.396 e. The molecule has 1 atom stereocenters. The van der Waals surface area contributed by atoms with Crippen LogP contribution in [0.2, 0.25) is 0 Å². The van der Waals surface area contributed by atoms with Crippen molar-refractivity contribution >= 4 is 9.84 Å². The van der Waals surface area contributed by atoms with E-state index >= 15 is 0 Å². The smallest absolute Gasteiger partial charge is 0.195 e. The summed E-state index contributed by atoms with van der Waals surface area (Å²) in [6.45, 7) is 1.54.